The molecule has 4 nitrogen and oxygen atoms in total. The number of benzene rings is 1. The number of hydrogen-bond donors (Lipinski definition) is 0. The molecule has 0 unspecified atom stereocenters. The largest absolute Gasteiger partial charge is 0.460 e. The van der Waals surface area contributed by atoms with Crippen LogP contribution in [-0.2, 0) is 14.3 Å². The lowest BCUT2D eigenvalue weighted by atomic mass is 10.2. The van der Waals surface area contributed by atoms with Gasteiger partial charge in [0.1, 0.15) is 12.4 Å². The lowest BCUT2D eigenvalue weighted by molar-refractivity contribution is -0.114. The maximum atomic E-state index is 11.2. The predicted molar refractivity (Wildman–Crippen MR) is 65.0 cm³/mol. The molecule has 0 N–H and O–H groups in total. The molecule has 0 aliphatic carbocycles. The Hall–Kier alpha value is -1.68. The fourth-order valence-corrected chi connectivity index (χ4v) is 0.875. The van der Waals surface area contributed by atoms with Crippen molar-refractivity contribution in [1.82, 2.24) is 0 Å². The molecule has 0 spiro atoms. The van der Waals surface area contributed by atoms with Crippen molar-refractivity contribution in [3.05, 3.63) is 35.9 Å². The number of Topliss-reactive ketones (excluding diaryl/α,β-unsaturated/α-hetero) is 1. The van der Waals surface area contributed by atoms with Crippen LogP contribution < -0.4 is 0 Å². The highest BCUT2D eigenvalue weighted by atomic mass is 16.6. The van der Waals surface area contributed by atoms with E-state index < -0.39 is 0 Å². The number of methoxy groups -OCH3 is 1. The maximum absolute atomic E-state index is 11.2. The molecule has 0 heterocycles. The maximum Gasteiger partial charge on any atom is 0.338 e. The molecule has 0 atom stereocenters. The molecule has 0 radical (unpaired) electrons. The Labute approximate surface area is 102 Å². The first-order valence-electron chi connectivity index (χ1n) is 5.26. The van der Waals surface area contributed by atoms with Crippen molar-refractivity contribution in [1.29, 1.82) is 0 Å². The van der Waals surface area contributed by atoms with E-state index in [2.05, 4.69) is 0 Å². The van der Waals surface area contributed by atoms with E-state index in [9.17, 15) is 9.59 Å². The third-order valence-corrected chi connectivity index (χ3v) is 1.53. The Balaban J connectivity index is 0.000000557. The van der Waals surface area contributed by atoms with Gasteiger partial charge >= 0.3 is 5.97 Å². The minimum absolute atomic E-state index is 0.167. The molecule has 0 fully saturated rings. The van der Waals surface area contributed by atoms with Crippen molar-refractivity contribution in [2.75, 3.05) is 20.3 Å². The van der Waals surface area contributed by atoms with Crippen molar-refractivity contribution in [3.63, 3.8) is 0 Å². The third kappa shape index (κ3) is 9.26. The van der Waals surface area contributed by atoms with Crippen LogP contribution in [0.25, 0.3) is 0 Å². The van der Waals surface area contributed by atoms with E-state index in [1.165, 1.54) is 13.8 Å². The summed E-state index contributed by atoms with van der Waals surface area (Å²) < 4.78 is 9.66. The van der Waals surface area contributed by atoms with E-state index in [0.29, 0.717) is 18.8 Å². The molecule has 0 saturated carbocycles. The fraction of sp³-hybridized carbons (Fsp3) is 0.385. The summed E-state index contributed by atoms with van der Waals surface area (Å²) in [6.07, 6.45) is 0. The summed E-state index contributed by atoms with van der Waals surface area (Å²) in [6, 6.07) is 8.88. The molecule has 0 saturated heterocycles. The molecule has 1 aromatic carbocycles. The minimum atomic E-state index is -0.308. The SMILES string of the molecule is CC(C)=O.COCCOC(=O)c1ccccc1. The van der Waals surface area contributed by atoms with Crippen molar-refractivity contribution in [2.45, 2.75) is 13.8 Å². The molecule has 1 aromatic rings. The molecule has 0 aromatic heterocycles. The van der Waals surface area contributed by atoms with Crippen LogP contribution >= 0.6 is 0 Å². The van der Waals surface area contributed by atoms with Crippen LogP contribution in [0.2, 0.25) is 0 Å². The molecule has 0 amide bonds. The first-order valence-corrected chi connectivity index (χ1v) is 5.26. The van der Waals surface area contributed by atoms with E-state index >= 15 is 0 Å². The second kappa shape index (κ2) is 9.54. The van der Waals surface area contributed by atoms with Gasteiger partial charge in [-0.2, -0.15) is 0 Å². The van der Waals surface area contributed by atoms with Gasteiger partial charge in [-0.05, 0) is 26.0 Å². The number of hydrogen-bond acceptors (Lipinski definition) is 4. The molecule has 0 aliphatic heterocycles. The molecule has 0 bridgehead atoms. The summed E-state index contributed by atoms with van der Waals surface area (Å²) in [5.74, 6) is -0.141. The van der Waals surface area contributed by atoms with Gasteiger partial charge < -0.3 is 14.3 Å². The second-order valence-electron chi connectivity index (χ2n) is 3.40. The zero-order chi connectivity index (χ0) is 13.1. The van der Waals surface area contributed by atoms with Crippen LogP contribution in [0, 0.1) is 0 Å². The molecule has 0 aliphatic rings. The monoisotopic (exact) mass is 238 g/mol. The highest BCUT2D eigenvalue weighted by Crippen LogP contribution is 2.00. The summed E-state index contributed by atoms with van der Waals surface area (Å²) >= 11 is 0. The van der Waals surface area contributed by atoms with Crippen molar-refractivity contribution in [2.24, 2.45) is 0 Å². The molecular formula is C13H18O4. The van der Waals surface area contributed by atoms with Gasteiger partial charge in [-0.3, -0.25) is 0 Å². The summed E-state index contributed by atoms with van der Waals surface area (Å²) in [4.78, 5) is 20.7. The summed E-state index contributed by atoms with van der Waals surface area (Å²) in [7, 11) is 1.57. The van der Waals surface area contributed by atoms with Crippen molar-refractivity contribution < 1.29 is 19.1 Å². The lowest BCUT2D eigenvalue weighted by Gasteiger charge is -2.02. The van der Waals surface area contributed by atoms with E-state index in [0.717, 1.165) is 0 Å². The van der Waals surface area contributed by atoms with Crippen LogP contribution in [-0.4, -0.2) is 32.1 Å². The number of ketones is 1. The number of rotatable bonds is 4. The first-order chi connectivity index (χ1) is 8.07. The highest BCUT2D eigenvalue weighted by molar-refractivity contribution is 5.89. The predicted octanol–water partition coefficient (Wildman–Crippen LogP) is 2.09. The van der Waals surface area contributed by atoms with Gasteiger partial charge in [-0.1, -0.05) is 18.2 Å². The van der Waals surface area contributed by atoms with Crippen molar-refractivity contribution >= 4 is 11.8 Å². The van der Waals surface area contributed by atoms with E-state index in [-0.39, 0.29) is 11.8 Å². The Morgan fingerprint density at radius 2 is 1.59 bits per heavy atom. The average Bonchev–Trinajstić information content (AvgIpc) is 2.30. The highest BCUT2D eigenvalue weighted by Gasteiger charge is 2.04. The van der Waals surface area contributed by atoms with Gasteiger partial charge in [0.15, 0.2) is 0 Å². The van der Waals surface area contributed by atoms with Crippen LogP contribution in [0.4, 0.5) is 0 Å². The van der Waals surface area contributed by atoms with Gasteiger partial charge in [0, 0.05) is 7.11 Å². The van der Waals surface area contributed by atoms with E-state index in [4.69, 9.17) is 9.47 Å². The fourth-order valence-electron chi connectivity index (χ4n) is 0.875. The van der Waals surface area contributed by atoms with Gasteiger partial charge in [-0.15, -0.1) is 0 Å². The van der Waals surface area contributed by atoms with Crippen LogP contribution in [0.1, 0.15) is 24.2 Å². The molecule has 94 valence electrons. The van der Waals surface area contributed by atoms with Crippen molar-refractivity contribution in [3.8, 4) is 0 Å². The third-order valence-electron chi connectivity index (χ3n) is 1.53. The minimum Gasteiger partial charge on any atom is -0.460 e. The van der Waals surface area contributed by atoms with Crippen LogP contribution in [0.3, 0.4) is 0 Å². The summed E-state index contributed by atoms with van der Waals surface area (Å²) in [6.45, 7) is 3.78. The normalized spacial score (nSPS) is 8.88. The van der Waals surface area contributed by atoms with E-state index in [1.54, 1.807) is 31.4 Å². The number of carbonyl (C=O) groups is 2. The molecule has 4 heteroatoms. The lowest BCUT2D eigenvalue weighted by Crippen LogP contribution is -2.09. The number of esters is 1. The second-order valence-corrected chi connectivity index (χ2v) is 3.40. The molecular weight excluding hydrogens is 220 g/mol. The standard InChI is InChI=1S/C10H12O3.C3H6O/c1-12-7-8-13-10(11)9-5-3-2-4-6-9;1-3(2)4/h2-6H,7-8H2,1H3;1-2H3. The quantitative estimate of drug-likeness (QED) is 0.595. The Bertz CT molecular complexity index is 329. The summed E-state index contributed by atoms with van der Waals surface area (Å²) in [5, 5.41) is 0. The number of carbonyl (C=O) groups excluding carboxylic acids is 2. The van der Waals surface area contributed by atoms with Gasteiger partial charge in [0.2, 0.25) is 0 Å². The van der Waals surface area contributed by atoms with Gasteiger partial charge in [0.05, 0.1) is 12.2 Å². The Morgan fingerprint density at radius 1 is 1.06 bits per heavy atom. The van der Waals surface area contributed by atoms with Gasteiger partial charge in [-0.25, -0.2) is 4.79 Å². The molecule has 17 heavy (non-hydrogen) atoms. The number of ether oxygens (including phenoxy) is 2. The average molecular weight is 238 g/mol. The Kier molecular flexibility index (Phi) is 8.60. The zero-order valence-corrected chi connectivity index (χ0v) is 10.4. The van der Waals surface area contributed by atoms with Crippen LogP contribution in [0.5, 0.6) is 0 Å². The summed E-state index contributed by atoms with van der Waals surface area (Å²) in [5.41, 5.74) is 0.568. The molecule has 1 rings (SSSR count). The van der Waals surface area contributed by atoms with E-state index in [1.807, 2.05) is 6.07 Å². The smallest absolute Gasteiger partial charge is 0.338 e. The van der Waals surface area contributed by atoms with Gasteiger partial charge in [0.25, 0.3) is 0 Å². The van der Waals surface area contributed by atoms with Crippen LogP contribution in [0.15, 0.2) is 30.3 Å². The zero-order valence-electron chi connectivity index (χ0n) is 10.4. The first kappa shape index (κ1) is 15.3. The topological polar surface area (TPSA) is 52.6 Å². The Morgan fingerprint density at radius 3 is 2.06 bits per heavy atom.